The van der Waals surface area contributed by atoms with Gasteiger partial charge in [0.2, 0.25) is 11.8 Å². The van der Waals surface area contributed by atoms with Gasteiger partial charge < -0.3 is 14.6 Å². The second-order valence-corrected chi connectivity index (χ2v) is 7.67. The van der Waals surface area contributed by atoms with Gasteiger partial charge in [-0.1, -0.05) is 25.1 Å². The maximum Gasteiger partial charge on any atom is 0.230 e. The number of rotatable bonds is 8. The van der Waals surface area contributed by atoms with Gasteiger partial charge in [-0.2, -0.15) is 0 Å². The summed E-state index contributed by atoms with van der Waals surface area (Å²) in [5.74, 6) is 1.89. The van der Waals surface area contributed by atoms with Crippen molar-refractivity contribution in [2.45, 2.75) is 38.0 Å². The van der Waals surface area contributed by atoms with Crippen molar-refractivity contribution in [1.82, 2.24) is 15.2 Å². The van der Waals surface area contributed by atoms with Gasteiger partial charge in [-0.3, -0.25) is 4.79 Å². The first-order chi connectivity index (χ1) is 12.7. The Morgan fingerprint density at radius 3 is 2.81 bits per heavy atom. The number of oxazole rings is 1. The number of carbonyl (C=O) groups excluding carboxylic acids is 1. The molecule has 1 aliphatic rings. The summed E-state index contributed by atoms with van der Waals surface area (Å²) >= 11 is 1.58. The van der Waals surface area contributed by atoms with E-state index < -0.39 is 0 Å². The molecule has 0 spiro atoms. The molecule has 6 heteroatoms. The normalized spacial score (nSPS) is 15.9. The summed E-state index contributed by atoms with van der Waals surface area (Å²) in [6, 6.07) is 10.2. The van der Waals surface area contributed by atoms with Crippen LogP contribution in [0.3, 0.4) is 0 Å². The van der Waals surface area contributed by atoms with Crippen LogP contribution in [0.5, 0.6) is 0 Å². The minimum absolute atomic E-state index is 0.121. The first-order valence-corrected chi connectivity index (χ1v) is 10.5. The highest BCUT2D eigenvalue weighted by molar-refractivity contribution is 7.99. The standard InChI is InChI=1S/C20H27N3O2S/c1-2-10-23-11-8-17(9-12-23)21-19(24)15-26-14-18-13-25-20(22-18)16-6-4-3-5-7-16/h3-7,13,17H,2,8-12,14-15H2,1H3,(H,21,24). The van der Waals surface area contributed by atoms with Crippen molar-refractivity contribution in [3.05, 3.63) is 42.3 Å². The number of benzene rings is 1. The molecule has 1 aromatic heterocycles. The van der Waals surface area contributed by atoms with E-state index in [0.29, 0.717) is 23.4 Å². The molecular weight excluding hydrogens is 346 g/mol. The van der Waals surface area contributed by atoms with E-state index in [0.717, 1.165) is 37.2 Å². The van der Waals surface area contributed by atoms with E-state index in [-0.39, 0.29) is 5.91 Å². The molecule has 2 aromatic rings. The lowest BCUT2D eigenvalue weighted by Gasteiger charge is -2.32. The summed E-state index contributed by atoms with van der Waals surface area (Å²) in [7, 11) is 0. The first kappa shape index (κ1) is 19.0. The Labute approximate surface area is 159 Å². The van der Waals surface area contributed by atoms with E-state index in [1.165, 1.54) is 13.0 Å². The third kappa shape index (κ3) is 5.61. The summed E-state index contributed by atoms with van der Waals surface area (Å²) in [6.45, 7) is 5.56. The van der Waals surface area contributed by atoms with E-state index in [1.807, 2.05) is 30.3 Å². The number of hydrogen-bond acceptors (Lipinski definition) is 5. The first-order valence-electron chi connectivity index (χ1n) is 9.34. The van der Waals surface area contributed by atoms with Crippen molar-refractivity contribution in [2.24, 2.45) is 0 Å². The Morgan fingerprint density at radius 1 is 1.31 bits per heavy atom. The Balaban J connectivity index is 1.36. The third-order valence-corrected chi connectivity index (χ3v) is 5.51. The molecular formula is C20H27N3O2S. The zero-order valence-electron chi connectivity index (χ0n) is 15.3. The molecule has 1 aromatic carbocycles. The van der Waals surface area contributed by atoms with Crippen LogP contribution >= 0.6 is 11.8 Å². The largest absolute Gasteiger partial charge is 0.444 e. The van der Waals surface area contributed by atoms with Gasteiger partial charge >= 0.3 is 0 Å². The SMILES string of the molecule is CCCN1CCC(NC(=O)CSCc2coc(-c3ccccc3)n2)CC1. The number of thioether (sulfide) groups is 1. The molecule has 1 fully saturated rings. The Kier molecular flexibility index (Phi) is 7.14. The Bertz CT molecular complexity index is 681. The molecule has 3 rings (SSSR count). The molecule has 1 aliphatic heterocycles. The highest BCUT2D eigenvalue weighted by atomic mass is 32.2. The molecule has 2 heterocycles. The molecule has 5 nitrogen and oxygen atoms in total. The van der Waals surface area contributed by atoms with Crippen LogP contribution in [0.15, 0.2) is 41.0 Å². The van der Waals surface area contributed by atoms with Gasteiger partial charge in [0, 0.05) is 30.4 Å². The van der Waals surface area contributed by atoms with Crippen LogP contribution in [0.4, 0.5) is 0 Å². The lowest BCUT2D eigenvalue weighted by molar-refractivity contribution is -0.119. The van der Waals surface area contributed by atoms with E-state index in [9.17, 15) is 4.79 Å². The van der Waals surface area contributed by atoms with E-state index >= 15 is 0 Å². The zero-order chi connectivity index (χ0) is 18.2. The minimum atomic E-state index is 0.121. The minimum Gasteiger partial charge on any atom is -0.444 e. The average molecular weight is 374 g/mol. The fraction of sp³-hybridized carbons (Fsp3) is 0.500. The van der Waals surface area contributed by atoms with Crippen molar-refractivity contribution in [3.8, 4) is 11.5 Å². The van der Waals surface area contributed by atoms with Crippen LogP contribution in [0.25, 0.3) is 11.5 Å². The van der Waals surface area contributed by atoms with Crippen LogP contribution in [0.2, 0.25) is 0 Å². The van der Waals surface area contributed by atoms with Gasteiger partial charge in [-0.05, 0) is 37.9 Å². The monoisotopic (exact) mass is 373 g/mol. The van der Waals surface area contributed by atoms with E-state index in [1.54, 1.807) is 18.0 Å². The second-order valence-electron chi connectivity index (χ2n) is 6.69. The highest BCUT2D eigenvalue weighted by Gasteiger charge is 2.20. The van der Waals surface area contributed by atoms with Crippen LogP contribution in [0, 0.1) is 0 Å². The molecule has 0 radical (unpaired) electrons. The highest BCUT2D eigenvalue weighted by Crippen LogP contribution is 2.20. The molecule has 26 heavy (non-hydrogen) atoms. The lowest BCUT2D eigenvalue weighted by Crippen LogP contribution is -2.45. The van der Waals surface area contributed by atoms with Crippen LogP contribution in [0.1, 0.15) is 31.9 Å². The van der Waals surface area contributed by atoms with Gasteiger partial charge in [-0.25, -0.2) is 4.98 Å². The predicted molar refractivity (Wildman–Crippen MR) is 106 cm³/mol. The summed E-state index contributed by atoms with van der Waals surface area (Å²) in [4.78, 5) is 19.1. The van der Waals surface area contributed by atoms with Crippen molar-refractivity contribution in [2.75, 3.05) is 25.4 Å². The van der Waals surface area contributed by atoms with Crippen LogP contribution < -0.4 is 5.32 Å². The number of aromatic nitrogens is 1. The van der Waals surface area contributed by atoms with Gasteiger partial charge in [0.15, 0.2) is 0 Å². The van der Waals surface area contributed by atoms with Crippen molar-refractivity contribution in [1.29, 1.82) is 0 Å². The summed E-state index contributed by atoms with van der Waals surface area (Å²) < 4.78 is 5.53. The van der Waals surface area contributed by atoms with Crippen molar-refractivity contribution < 1.29 is 9.21 Å². The van der Waals surface area contributed by atoms with Gasteiger partial charge in [0.1, 0.15) is 6.26 Å². The topological polar surface area (TPSA) is 58.4 Å². The number of likely N-dealkylation sites (tertiary alicyclic amines) is 1. The molecule has 1 N–H and O–H groups in total. The molecule has 1 amide bonds. The Morgan fingerprint density at radius 2 is 2.08 bits per heavy atom. The molecule has 140 valence electrons. The predicted octanol–water partition coefficient (Wildman–Crippen LogP) is 3.57. The van der Waals surface area contributed by atoms with Crippen molar-refractivity contribution >= 4 is 17.7 Å². The summed E-state index contributed by atoms with van der Waals surface area (Å²) in [6.07, 6.45) is 4.98. The van der Waals surface area contributed by atoms with Gasteiger partial charge in [0.05, 0.1) is 11.4 Å². The van der Waals surface area contributed by atoms with E-state index in [2.05, 4.69) is 22.1 Å². The fourth-order valence-corrected chi connectivity index (χ4v) is 3.93. The number of piperidine rings is 1. The fourth-order valence-electron chi connectivity index (χ4n) is 3.22. The molecule has 0 atom stereocenters. The van der Waals surface area contributed by atoms with Crippen LogP contribution in [-0.2, 0) is 10.5 Å². The average Bonchev–Trinajstić information content (AvgIpc) is 3.13. The molecule has 0 saturated carbocycles. The van der Waals surface area contributed by atoms with Gasteiger partial charge in [-0.15, -0.1) is 11.8 Å². The molecule has 0 unspecified atom stereocenters. The summed E-state index contributed by atoms with van der Waals surface area (Å²) in [5.41, 5.74) is 1.84. The zero-order valence-corrected chi connectivity index (χ0v) is 16.1. The molecule has 0 bridgehead atoms. The number of nitrogens with one attached hydrogen (secondary N) is 1. The number of amides is 1. The van der Waals surface area contributed by atoms with Gasteiger partial charge in [0.25, 0.3) is 0 Å². The van der Waals surface area contributed by atoms with Crippen molar-refractivity contribution in [3.63, 3.8) is 0 Å². The quantitative estimate of drug-likeness (QED) is 0.767. The number of nitrogens with zero attached hydrogens (tertiary/aromatic N) is 2. The third-order valence-electron chi connectivity index (χ3n) is 4.55. The summed E-state index contributed by atoms with van der Waals surface area (Å²) in [5, 5.41) is 3.17. The van der Waals surface area contributed by atoms with E-state index in [4.69, 9.17) is 4.42 Å². The lowest BCUT2D eigenvalue weighted by atomic mass is 10.1. The molecule has 1 saturated heterocycles. The maximum absolute atomic E-state index is 12.1. The molecule has 0 aliphatic carbocycles. The number of hydrogen-bond donors (Lipinski definition) is 1. The Hall–Kier alpha value is -1.79. The number of carbonyl (C=O) groups is 1. The smallest absolute Gasteiger partial charge is 0.230 e. The maximum atomic E-state index is 12.1. The van der Waals surface area contributed by atoms with Crippen LogP contribution in [-0.4, -0.2) is 47.2 Å². The second kappa shape index (κ2) is 9.78.